The monoisotopic (exact) mass is 373 g/mol. The van der Waals surface area contributed by atoms with Crippen molar-refractivity contribution < 1.29 is 14.7 Å². The second kappa shape index (κ2) is 7.19. The van der Waals surface area contributed by atoms with Gasteiger partial charge in [0.15, 0.2) is 0 Å². The minimum atomic E-state index is -1.00. The topological polar surface area (TPSA) is 81.9 Å². The fourth-order valence-corrected chi connectivity index (χ4v) is 3.36. The van der Waals surface area contributed by atoms with E-state index in [0.29, 0.717) is 5.69 Å². The van der Waals surface area contributed by atoms with Crippen molar-refractivity contribution in [3.63, 3.8) is 0 Å². The molecule has 0 aliphatic carbocycles. The van der Waals surface area contributed by atoms with Gasteiger partial charge in [-0.25, -0.2) is 4.79 Å². The van der Waals surface area contributed by atoms with Crippen LogP contribution in [0, 0.1) is 0 Å². The lowest BCUT2D eigenvalue weighted by Crippen LogP contribution is -2.48. The molecule has 2 amide bonds. The second-order valence-corrected chi connectivity index (χ2v) is 8.04. The summed E-state index contributed by atoms with van der Waals surface area (Å²) in [4.78, 5) is 29.6. The summed E-state index contributed by atoms with van der Waals surface area (Å²) >= 11 is 0. The molecular weight excluding hydrogens is 346 g/mol. The van der Waals surface area contributed by atoms with Crippen LogP contribution in [-0.4, -0.2) is 75.5 Å². The Morgan fingerprint density at radius 2 is 1.85 bits per heavy atom. The Hall–Kier alpha value is -2.61. The zero-order chi connectivity index (χ0) is 19.8. The smallest absolute Gasteiger partial charge is 0.412 e. The van der Waals surface area contributed by atoms with Gasteiger partial charge in [0, 0.05) is 49.0 Å². The van der Waals surface area contributed by atoms with Crippen molar-refractivity contribution in [2.75, 3.05) is 38.1 Å². The summed E-state index contributed by atoms with van der Waals surface area (Å²) in [6.45, 7) is 8.98. The van der Waals surface area contributed by atoms with Crippen molar-refractivity contribution in [1.82, 2.24) is 19.6 Å². The highest BCUT2D eigenvalue weighted by molar-refractivity contribution is 5.92. The first kappa shape index (κ1) is 19.2. The molecule has 1 aromatic heterocycles. The van der Waals surface area contributed by atoms with Gasteiger partial charge in [-0.3, -0.25) is 14.4 Å². The lowest BCUT2D eigenvalue weighted by atomic mass is 10.1. The maximum atomic E-state index is 12.5. The SMILES string of the molecule is CN1CCN(C(=O)Cn2cc3cc(N(C(=O)O)C(C)(C)C)ccc3n2)CC1. The number of hydrogen-bond acceptors (Lipinski definition) is 4. The Balaban J connectivity index is 1.79. The summed E-state index contributed by atoms with van der Waals surface area (Å²) in [5.74, 6) is 0.0537. The average molecular weight is 373 g/mol. The summed E-state index contributed by atoms with van der Waals surface area (Å²) in [7, 11) is 2.05. The number of carboxylic acid groups (broad SMARTS) is 1. The first-order valence-electron chi connectivity index (χ1n) is 9.12. The van der Waals surface area contributed by atoms with E-state index in [1.807, 2.05) is 25.7 Å². The van der Waals surface area contributed by atoms with Crippen LogP contribution in [0.2, 0.25) is 0 Å². The highest BCUT2D eigenvalue weighted by Crippen LogP contribution is 2.27. The number of benzene rings is 1. The lowest BCUT2D eigenvalue weighted by Gasteiger charge is -2.33. The number of fused-ring (bicyclic) bond motifs is 1. The van der Waals surface area contributed by atoms with Crippen LogP contribution in [-0.2, 0) is 11.3 Å². The molecule has 0 unspecified atom stereocenters. The Labute approximate surface area is 158 Å². The van der Waals surface area contributed by atoms with Crippen molar-refractivity contribution in [2.45, 2.75) is 32.9 Å². The molecule has 0 saturated carbocycles. The Morgan fingerprint density at radius 1 is 1.19 bits per heavy atom. The zero-order valence-electron chi connectivity index (χ0n) is 16.3. The van der Waals surface area contributed by atoms with Crippen LogP contribution in [0.1, 0.15) is 20.8 Å². The quantitative estimate of drug-likeness (QED) is 0.891. The molecule has 0 bridgehead atoms. The van der Waals surface area contributed by atoms with Crippen molar-refractivity contribution in [2.24, 2.45) is 0 Å². The lowest BCUT2D eigenvalue weighted by molar-refractivity contribution is -0.133. The number of rotatable bonds is 3. The van der Waals surface area contributed by atoms with Crippen molar-refractivity contribution in [3.8, 4) is 0 Å². The van der Waals surface area contributed by atoms with Gasteiger partial charge in [-0.15, -0.1) is 0 Å². The molecule has 1 aromatic carbocycles. The van der Waals surface area contributed by atoms with Crippen LogP contribution in [0.5, 0.6) is 0 Å². The van der Waals surface area contributed by atoms with Gasteiger partial charge >= 0.3 is 6.09 Å². The molecule has 146 valence electrons. The van der Waals surface area contributed by atoms with Gasteiger partial charge in [0.05, 0.1) is 5.52 Å². The number of hydrogen-bond donors (Lipinski definition) is 1. The summed E-state index contributed by atoms with van der Waals surface area (Å²) < 4.78 is 1.64. The Bertz CT molecular complexity index is 847. The van der Waals surface area contributed by atoms with E-state index in [1.165, 1.54) is 4.90 Å². The van der Waals surface area contributed by atoms with E-state index in [0.717, 1.165) is 37.1 Å². The van der Waals surface area contributed by atoms with Crippen LogP contribution in [0.15, 0.2) is 24.4 Å². The van der Waals surface area contributed by atoms with Crippen LogP contribution in [0.3, 0.4) is 0 Å². The van der Waals surface area contributed by atoms with E-state index in [4.69, 9.17) is 0 Å². The molecule has 2 heterocycles. The molecule has 1 saturated heterocycles. The standard InChI is InChI=1S/C19H27N5O3/c1-19(2,3)24(18(26)27)15-5-6-16-14(11-15)12-23(20-16)13-17(25)22-9-7-21(4)8-10-22/h5-6,11-12H,7-10,13H2,1-4H3,(H,26,27). The molecule has 1 N–H and O–H groups in total. The van der Waals surface area contributed by atoms with Crippen LogP contribution < -0.4 is 4.90 Å². The third-order valence-corrected chi connectivity index (χ3v) is 4.81. The fraction of sp³-hybridized carbons (Fsp3) is 0.526. The Morgan fingerprint density at radius 3 is 2.44 bits per heavy atom. The zero-order valence-corrected chi connectivity index (χ0v) is 16.3. The van der Waals surface area contributed by atoms with Crippen LogP contribution in [0.25, 0.3) is 10.9 Å². The minimum absolute atomic E-state index is 0.0537. The molecule has 1 aliphatic heterocycles. The van der Waals surface area contributed by atoms with E-state index in [-0.39, 0.29) is 12.5 Å². The van der Waals surface area contributed by atoms with Gasteiger partial charge in [0.25, 0.3) is 0 Å². The van der Waals surface area contributed by atoms with Crippen LogP contribution in [0.4, 0.5) is 10.5 Å². The summed E-state index contributed by atoms with van der Waals surface area (Å²) in [6.07, 6.45) is 0.801. The van der Waals surface area contributed by atoms with Crippen LogP contribution >= 0.6 is 0 Å². The maximum Gasteiger partial charge on any atom is 0.412 e. The average Bonchev–Trinajstić information content (AvgIpc) is 2.95. The minimum Gasteiger partial charge on any atom is -0.465 e. The molecule has 0 radical (unpaired) electrons. The molecule has 8 nitrogen and oxygen atoms in total. The fourth-order valence-electron chi connectivity index (χ4n) is 3.36. The molecule has 3 rings (SSSR count). The highest BCUT2D eigenvalue weighted by atomic mass is 16.4. The van der Waals surface area contributed by atoms with Crippen molar-refractivity contribution in [3.05, 3.63) is 24.4 Å². The molecule has 2 aromatic rings. The van der Waals surface area contributed by atoms with Crippen molar-refractivity contribution in [1.29, 1.82) is 0 Å². The molecule has 0 atom stereocenters. The number of amides is 2. The van der Waals surface area contributed by atoms with E-state index >= 15 is 0 Å². The number of carbonyl (C=O) groups is 2. The third-order valence-electron chi connectivity index (χ3n) is 4.81. The predicted octanol–water partition coefficient (Wildman–Crippen LogP) is 2.09. The molecule has 0 spiro atoms. The number of nitrogens with zero attached hydrogens (tertiary/aromatic N) is 5. The number of aromatic nitrogens is 2. The van der Waals surface area contributed by atoms with E-state index < -0.39 is 11.6 Å². The van der Waals surface area contributed by atoms with Gasteiger partial charge in [-0.1, -0.05) is 0 Å². The van der Waals surface area contributed by atoms with E-state index in [9.17, 15) is 14.7 Å². The summed E-state index contributed by atoms with van der Waals surface area (Å²) in [5, 5.41) is 14.8. The Kier molecular flexibility index (Phi) is 5.10. The third kappa shape index (κ3) is 4.21. The van der Waals surface area contributed by atoms with Gasteiger partial charge in [-0.05, 0) is 46.0 Å². The number of piperazine rings is 1. The molecular formula is C19H27N5O3. The number of likely N-dealkylation sites (N-methyl/N-ethyl adjacent to an activating group) is 1. The molecule has 1 aliphatic rings. The summed E-state index contributed by atoms with van der Waals surface area (Å²) in [6, 6.07) is 5.35. The van der Waals surface area contributed by atoms with Gasteiger partial charge in [0.2, 0.25) is 5.91 Å². The normalized spacial score (nSPS) is 15.9. The number of carbonyl (C=O) groups excluding carboxylic acids is 1. The van der Waals surface area contributed by atoms with Gasteiger partial charge in [-0.2, -0.15) is 5.10 Å². The van der Waals surface area contributed by atoms with Crippen molar-refractivity contribution >= 4 is 28.6 Å². The molecule has 27 heavy (non-hydrogen) atoms. The predicted molar refractivity (Wildman–Crippen MR) is 104 cm³/mol. The van der Waals surface area contributed by atoms with E-state index in [1.54, 1.807) is 29.1 Å². The number of anilines is 1. The summed E-state index contributed by atoms with van der Waals surface area (Å²) in [5.41, 5.74) is 0.768. The highest BCUT2D eigenvalue weighted by Gasteiger charge is 2.28. The molecule has 8 heteroatoms. The maximum absolute atomic E-state index is 12.5. The molecule has 1 fully saturated rings. The van der Waals surface area contributed by atoms with Gasteiger partial charge < -0.3 is 14.9 Å². The van der Waals surface area contributed by atoms with Gasteiger partial charge in [0.1, 0.15) is 6.54 Å². The second-order valence-electron chi connectivity index (χ2n) is 8.04. The first-order chi connectivity index (χ1) is 12.6. The largest absolute Gasteiger partial charge is 0.465 e. The van der Waals surface area contributed by atoms with E-state index in [2.05, 4.69) is 17.0 Å². The first-order valence-corrected chi connectivity index (χ1v) is 9.12.